The lowest BCUT2D eigenvalue weighted by Crippen LogP contribution is -2.44. The molecule has 1 atom stereocenters. The van der Waals surface area contributed by atoms with Crippen LogP contribution in [0.5, 0.6) is 0 Å². The minimum atomic E-state index is -0.374. The predicted octanol–water partition coefficient (Wildman–Crippen LogP) is 1.11. The molecule has 0 saturated carbocycles. The molecule has 1 fully saturated rings. The molecule has 24 heavy (non-hydrogen) atoms. The summed E-state index contributed by atoms with van der Waals surface area (Å²) < 4.78 is 0. The van der Waals surface area contributed by atoms with Gasteiger partial charge in [0.25, 0.3) is 17.4 Å². The highest BCUT2D eigenvalue weighted by Gasteiger charge is 2.26. The molecular weight excluding hydrogens is 328 g/mol. The predicted molar refractivity (Wildman–Crippen MR) is 90.1 cm³/mol. The van der Waals surface area contributed by atoms with Crippen LogP contribution in [-0.2, 0) is 0 Å². The molecule has 0 spiro atoms. The van der Waals surface area contributed by atoms with Gasteiger partial charge < -0.3 is 15.2 Å². The Balaban J connectivity index is 1.58. The van der Waals surface area contributed by atoms with Crippen molar-refractivity contribution in [3.05, 3.63) is 50.8 Å². The molecule has 8 heteroatoms. The van der Waals surface area contributed by atoms with Crippen LogP contribution in [-0.4, -0.2) is 46.3 Å². The van der Waals surface area contributed by atoms with E-state index in [1.165, 1.54) is 23.6 Å². The third kappa shape index (κ3) is 3.70. The van der Waals surface area contributed by atoms with Gasteiger partial charge >= 0.3 is 0 Å². The number of hydrogen-bond donors (Lipinski definition) is 2. The molecule has 1 aliphatic heterocycles. The zero-order valence-corrected chi connectivity index (χ0v) is 13.8. The van der Waals surface area contributed by atoms with E-state index in [1.807, 2.05) is 0 Å². The molecule has 0 radical (unpaired) electrons. The smallest absolute Gasteiger partial charge is 0.270 e. The van der Waals surface area contributed by atoms with Crippen LogP contribution in [0.15, 0.2) is 34.0 Å². The molecule has 1 aliphatic rings. The van der Waals surface area contributed by atoms with E-state index < -0.39 is 0 Å². The normalized spacial score (nSPS) is 17.5. The summed E-state index contributed by atoms with van der Waals surface area (Å²) in [5.74, 6) is -0.278. The summed E-state index contributed by atoms with van der Waals surface area (Å²) in [4.78, 5) is 44.4. The second-order valence-corrected chi connectivity index (χ2v) is 6.47. The van der Waals surface area contributed by atoms with Gasteiger partial charge in [0.1, 0.15) is 11.3 Å². The lowest BCUT2D eigenvalue weighted by Gasteiger charge is -2.32. The van der Waals surface area contributed by atoms with Crippen molar-refractivity contribution < 1.29 is 9.59 Å². The Bertz CT molecular complexity index is 772. The minimum Gasteiger partial charge on any atom is -0.350 e. The van der Waals surface area contributed by atoms with Crippen molar-refractivity contribution in [1.29, 1.82) is 0 Å². The number of likely N-dealkylation sites (tertiary alicyclic amines) is 1. The largest absolute Gasteiger partial charge is 0.350 e. The number of aromatic amines is 1. The molecule has 0 aromatic carbocycles. The molecule has 2 aromatic rings. The summed E-state index contributed by atoms with van der Waals surface area (Å²) >= 11 is 1.38. The molecule has 2 amide bonds. The van der Waals surface area contributed by atoms with E-state index in [4.69, 9.17) is 0 Å². The van der Waals surface area contributed by atoms with Crippen molar-refractivity contribution in [2.24, 2.45) is 5.92 Å². The molecular formula is C16H18N4O3S. The maximum atomic E-state index is 12.5. The van der Waals surface area contributed by atoms with Gasteiger partial charge in [-0.2, -0.15) is 0 Å². The van der Waals surface area contributed by atoms with Crippen LogP contribution in [0.4, 0.5) is 0 Å². The Labute approximate surface area is 142 Å². The van der Waals surface area contributed by atoms with Gasteiger partial charge in [0, 0.05) is 31.2 Å². The first-order chi connectivity index (χ1) is 11.6. The molecule has 3 rings (SSSR count). The molecule has 0 aliphatic carbocycles. The van der Waals surface area contributed by atoms with Crippen molar-refractivity contribution >= 4 is 23.2 Å². The highest BCUT2D eigenvalue weighted by Crippen LogP contribution is 2.17. The SMILES string of the molecule is O=C(NC[C@H]1CCCN(C(=O)c2ccc[nH]c2=O)C1)c1cscn1. The van der Waals surface area contributed by atoms with Crippen LogP contribution in [0.1, 0.15) is 33.7 Å². The minimum absolute atomic E-state index is 0.157. The van der Waals surface area contributed by atoms with Gasteiger partial charge in [-0.1, -0.05) is 0 Å². The number of rotatable bonds is 4. The fourth-order valence-electron chi connectivity index (χ4n) is 2.83. The molecule has 126 valence electrons. The van der Waals surface area contributed by atoms with Crippen LogP contribution < -0.4 is 10.9 Å². The number of carbonyl (C=O) groups is 2. The number of hydrogen-bond acceptors (Lipinski definition) is 5. The highest BCUT2D eigenvalue weighted by atomic mass is 32.1. The van der Waals surface area contributed by atoms with E-state index >= 15 is 0 Å². The third-order valence-corrected chi connectivity index (χ3v) is 4.66. The van der Waals surface area contributed by atoms with Gasteiger partial charge in [0.05, 0.1) is 5.51 Å². The number of aromatic nitrogens is 2. The molecule has 2 N–H and O–H groups in total. The van der Waals surface area contributed by atoms with E-state index in [0.29, 0.717) is 25.3 Å². The first-order valence-corrected chi connectivity index (χ1v) is 8.73. The van der Waals surface area contributed by atoms with E-state index in [-0.39, 0.29) is 28.9 Å². The molecule has 0 bridgehead atoms. The number of thiazole rings is 1. The maximum absolute atomic E-state index is 12.5. The van der Waals surface area contributed by atoms with Gasteiger partial charge in [-0.05, 0) is 30.9 Å². The van der Waals surface area contributed by atoms with Crippen LogP contribution in [0.25, 0.3) is 0 Å². The Morgan fingerprint density at radius 3 is 3.08 bits per heavy atom. The fourth-order valence-corrected chi connectivity index (χ4v) is 3.36. The number of nitrogens with zero attached hydrogens (tertiary/aromatic N) is 2. The average molecular weight is 346 g/mol. The van der Waals surface area contributed by atoms with E-state index in [1.54, 1.807) is 21.9 Å². The summed E-state index contributed by atoms with van der Waals surface area (Å²) in [6.07, 6.45) is 3.30. The zero-order valence-electron chi connectivity index (χ0n) is 13.0. The van der Waals surface area contributed by atoms with Gasteiger partial charge in [-0.3, -0.25) is 14.4 Å². The van der Waals surface area contributed by atoms with Gasteiger partial charge in [-0.25, -0.2) is 4.98 Å². The lowest BCUT2D eigenvalue weighted by atomic mass is 9.97. The number of pyridine rings is 1. The van der Waals surface area contributed by atoms with Gasteiger partial charge in [0.15, 0.2) is 0 Å². The van der Waals surface area contributed by atoms with E-state index in [0.717, 1.165) is 12.8 Å². The Morgan fingerprint density at radius 1 is 1.46 bits per heavy atom. The number of H-pyrrole nitrogens is 1. The van der Waals surface area contributed by atoms with Crippen LogP contribution in [0.2, 0.25) is 0 Å². The Hall–Kier alpha value is -2.48. The molecule has 3 heterocycles. The van der Waals surface area contributed by atoms with Crippen molar-refractivity contribution in [1.82, 2.24) is 20.2 Å². The summed E-state index contributed by atoms with van der Waals surface area (Å²) in [7, 11) is 0. The zero-order chi connectivity index (χ0) is 16.9. The molecule has 1 saturated heterocycles. The number of piperidine rings is 1. The fraction of sp³-hybridized carbons (Fsp3) is 0.375. The van der Waals surface area contributed by atoms with Crippen molar-refractivity contribution in [2.45, 2.75) is 12.8 Å². The van der Waals surface area contributed by atoms with Crippen molar-refractivity contribution in [2.75, 3.05) is 19.6 Å². The Kier molecular flexibility index (Phi) is 5.05. The average Bonchev–Trinajstić information content (AvgIpc) is 3.14. The first kappa shape index (κ1) is 16.4. The monoisotopic (exact) mass is 346 g/mol. The van der Waals surface area contributed by atoms with Crippen LogP contribution in [0, 0.1) is 5.92 Å². The molecule has 2 aromatic heterocycles. The highest BCUT2D eigenvalue weighted by molar-refractivity contribution is 7.07. The Morgan fingerprint density at radius 2 is 2.33 bits per heavy atom. The molecule has 7 nitrogen and oxygen atoms in total. The second-order valence-electron chi connectivity index (χ2n) is 5.76. The van der Waals surface area contributed by atoms with E-state index in [2.05, 4.69) is 15.3 Å². The van der Waals surface area contributed by atoms with Crippen LogP contribution >= 0.6 is 11.3 Å². The van der Waals surface area contributed by atoms with Gasteiger partial charge in [0.2, 0.25) is 0 Å². The first-order valence-electron chi connectivity index (χ1n) is 7.78. The van der Waals surface area contributed by atoms with E-state index in [9.17, 15) is 14.4 Å². The molecule has 0 unspecified atom stereocenters. The number of amides is 2. The topological polar surface area (TPSA) is 95.2 Å². The summed E-state index contributed by atoms with van der Waals surface area (Å²) in [5, 5.41) is 4.57. The second kappa shape index (κ2) is 7.39. The standard InChI is InChI=1S/C16H18N4O3S/c21-14-12(4-1-5-17-14)16(23)20-6-2-3-11(8-20)7-18-15(22)13-9-24-10-19-13/h1,4-5,9-11H,2-3,6-8H2,(H,17,21)(H,18,22)/t11-/m1/s1. The van der Waals surface area contributed by atoms with Gasteiger partial charge in [-0.15, -0.1) is 11.3 Å². The summed E-state index contributed by atoms with van der Waals surface area (Å²) in [5.41, 5.74) is 1.82. The summed E-state index contributed by atoms with van der Waals surface area (Å²) in [6, 6.07) is 3.18. The summed E-state index contributed by atoms with van der Waals surface area (Å²) in [6.45, 7) is 1.65. The lowest BCUT2D eigenvalue weighted by molar-refractivity contribution is 0.0669. The quantitative estimate of drug-likeness (QED) is 0.867. The van der Waals surface area contributed by atoms with Crippen LogP contribution in [0.3, 0.4) is 0 Å². The number of carbonyl (C=O) groups excluding carboxylic acids is 2. The number of nitrogens with one attached hydrogen (secondary N) is 2. The van der Waals surface area contributed by atoms with Crippen molar-refractivity contribution in [3.8, 4) is 0 Å². The van der Waals surface area contributed by atoms with Crippen molar-refractivity contribution in [3.63, 3.8) is 0 Å². The third-order valence-electron chi connectivity index (χ3n) is 4.07. The maximum Gasteiger partial charge on any atom is 0.270 e.